The quantitative estimate of drug-likeness (QED) is 0.855. The summed E-state index contributed by atoms with van der Waals surface area (Å²) in [6.07, 6.45) is 6.01. The fraction of sp³-hybridized carbons (Fsp3) is 0.556. The summed E-state index contributed by atoms with van der Waals surface area (Å²) < 4.78 is 26.0. The molecule has 1 N–H and O–H groups in total. The van der Waals surface area contributed by atoms with Gasteiger partial charge in [-0.25, -0.2) is 13.5 Å². The third-order valence-corrected chi connectivity index (χ3v) is 5.39. The zero-order chi connectivity index (χ0) is 19.3. The van der Waals surface area contributed by atoms with Crippen LogP contribution in [-0.4, -0.2) is 26.8 Å². The highest BCUT2D eigenvalue weighted by molar-refractivity contribution is 7.08. The van der Waals surface area contributed by atoms with Crippen LogP contribution in [0.25, 0.3) is 0 Å². The third kappa shape index (κ3) is 5.10. The Morgan fingerprint density at radius 1 is 1.30 bits per heavy atom. The maximum absolute atomic E-state index is 12.2. The number of alkyl halides is 2. The highest BCUT2D eigenvalue weighted by Gasteiger charge is 2.46. The predicted octanol–water partition coefficient (Wildman–Crippen LogP) is 3.87. The SMILES string of the molecule is FC1(F)CCCCC1.N#CC1(n2cc(CNC(=O)c3ccsc3)nn2)CC1. The number of carbonyl (C=O) groups is 1. The van der Waals surface area contributed by atoms with E-state index in [1.807, 2.05) is 5.38 Å². The van der Waals surface area contributed by atoms with Crippen LogP contribution in [0.4, 0.5) is 8.78 Å². The van der Waals surface area contributed by atoms with Gasteiger partial charge in [0, 0.05) is 23.8 Å². The van der Waals surface area contributed by atoms with Crippen molar-refractivity contribution in [1.82, 2.24) is 20.3 Å². The van der Waals surface area contributed by atoms with E-state index in [-0.39, 0.29) is 18.7 Å². The molecular weight excluding hydrogens is 372 g/mol. The second-order valence-corrected chi connectivity index (χ2v) is 7.69. The first kappa shape index (κ1) is 19.4. The van der Waals surface area contributed by atoms with Gasteiger partial charge in [0.25, 0.3) is 5.91 Å². The van der Waals surface area contributed by atoms with Crippen molar-refractivity contribution in [2.24, 2.45) is 0 Å². The molecular formula is C18H21F2N5OS. The van der Waals surface area contributed by atoms with Crippen molar-refractivity contribution >= 4 is 17.2 Å². The van der Waals surface area contributed by atoms with Crippen LogP contribution in [0.15, 0.2) is 23.0 Å². The molecule has 6 nitrogen and oxygen atoms in total. The maximum atomic E-state index is 12.2. The molecule has 2 heterocycles. The molecule has 2 aromatic rings. The van der Waals surface area contributed by atoms with Crippen molar-refractivity contribution in [3.63, 3.8) is 0 Å². The lowest BCUT2D eigenvalue weighted by Gasteiger charge is -2.20. The van der Waals surface area contributed by atoms with Crippen molar-refractivity contribution in [2.45, 2.75) is 63.0 Å². The fourth-order valence-corrected chi connectivity index (χ4v) is 3.47. The lowest BCUT2D eigenvalue weighted by molar-refractivity contribution is -0.0337. The summed E-state index contributed by atoms with van der Waals surface area (Å²) in [5.41, 5.74) is 0.806. The van der Waals surface area contributed by atoms with Gasteiger partial charge in [0.15, 0.2) is 5.54 Å². The number of carbonyl (C=O) groups excluding carboxylic acids is 1. The summed E-state index contributed by atoms with van der Waals surface area (Å²) in [4.78, 5) is 11.7. The van der Waals surface area contributed by atoms with E-state index < -0.39 is 11.5 Å². The molecule has 0 radical (unpaired) electrons. The first-order valence-electron chi connectivity index (χ1n) is 8.95. The molecule has 0 bridgehead atoms. The monoisotopic (exact) mass is 393 g/mol. The molecule has 2 aromatic heterocycles. The summed E-state index contributed by atoms with van der Waals surface area (Å²) in [5, 5.41) is 23.4. The van der Waals surface area contributed by atoms with Gasteiger partial charge in [-0.15, -0.1) is 5.10 Å². The Kier molecular flexibility index (Phi) is 5.85. The van der Waals surface area contributed by atoms with Crippen LogP contribution in [0, 0.1) is 11.3 Å². The lowest BCUT2D eigenvalue weighted by Crippen LogP contribution is -2.22. The molecule has 2 fully saturated rings. The van der Waals surface area contributed by atoms with Gasteiger partial charge < -0.3 is 5.32 Å². The van der Waals surface area contributed by atoms with E-state index in [2.05, 4.69) is 21.7 Å². The smallest absolute Gasteiger partial charge is 0.252 e. The van der Waals surface area contributed by atoms with Crippen molar-refractivity contribution in [3.05, 3.63) is 34.3 Å². The Hall–Kier alpha value is -2.34. The Labute approximate surface area is 160 Å². The molecule has 2 aliphatic rings. The number of nitrogens with one attached hydrogen (secondary N) is 1. The molecule has 0 saturated heterocycles. The van der Waals surface area contributed by atoms with Gasteiger partial charge in [0.05, 0.1) is 18.8 Å². The Bertz CT molecular complexity index is 800. The molecule has 0 atom stereocenters. The molecule has 1 amide bonds. The topological polar surface area (TPSA) is 83.6 Å². The molecule has 4 rings (SSSR count). The number of hydrogen-bond acceptors (Lipinski definition) is 5. The summed E-state index contributed by atoms with van der Waals surface area (Å²) in [6.45, 7) is 0.316. The zero-order valence-corrected chi connectivity index (χ0v) is 15.6. The number of halogens is 2. The number of thiophene rings is 1. The lowest BCUT2D eigenvalue weighted by atomic mass is 9.97. The number of amides is 1. The molecule has 27 heavy (non-hydrogen) atoms. The summed E-state index contributed by atoms with van der Waals surface area (Å²) >= 11 is 1.48. The second-order valence-electron chi connectivity index (χ2n) is 6.91. The Morgan fingerprint density at radius 3 is 2.56 bits per heavy atom. The molecule has 0 unspecified atom stereocenters. The van der Waals surface area contributed by atoms with E-state index in [1.165, 1.54) is 11.3 Å². The average molecular weight is 393 g/mol. The van der Waals surface area contributed by atoms with Crippen LogP contribution < -0.4 is 5.32 Å². The van der Waals surface area contributed by atoms with Crippen molar-refractivity contribution in [2.75, 3.05) is 0 Å². The molecule has 144 valence electrons. The van der Waals surface area contributed by atoms with Gasteiger partial charge in [-0.3, -0.25) is 4.79 Å². The van der Waals surface area contributed by atoms with Gasteiger partial charge in [-0.05, 0) is 37.1 Å². The third-order valence-electron chi connectivity index (χ3n) is 4.71. The van der Waals surface area contributed by atoms with Crippen LogP contribution in [0.1, 0.15) is 61.0 Å². The molecule has 9 heteroatoms. The minimum Gasteiger partial charge on any atom is -0.346 e. The van der Waals surface area contributed by atoms with E-state index in [0.717, 1.165) is 19.3 Å². The zero-order valence-electron chi connectivity index (χ0n) is 14.8. The molecule has 0 spiro atoms. The number of hydrogen-bond donors (Lipinski definition) is 1. The van der Waals surface area contributed by atoms with Gasteiger partial charge in [-0.2, -0.15) is 16.6 Å². The predicted molar refractivity (Wildman–Crippen MR) is 96.4 cm³/mol. The van der Waals surface area contributed by atoms with E-state index in [1.54, 1.807) is 22.3 Å². The number of rotatable bonds is 4. The summed E-state index contributed by atoms with van der Waals surface area (Å²) in [7, 11) is 0. The van der Waals surface area contributed by atoms with Crippen LogP contribution in [0.2, 0.25) is 0 Å². The van der Waals surface area contributed by atoms with Gasteiger partial charge in [-0.1, -0.05) is 11.6 Å². The molecule has 0 aliphatic heterocycles. The highest BCUT2D eigenvalue weighted by Crippen LogP contribution is 2.41. The van der Waals surface area contributed by atoms with Crippen molar-refractivity contribution in [3.8, 4) is 6.07 Å². The largest absolute Gasteiger partial charge is 0.346 e. The number of aromatic nitrogens is 3. The van der Waals surface area contributed by atoms with Gasteiger partial charge >= 0.3 is 0 Å². The number of nitriles is 1. The summed E-state index contributed by atoms with van der Waals surface area (Å²) in [5.74, 6) is -2.45. The standard InChI is InChI=1S/C12H11N5OS.C6H10F2/c13-8-12(2-3-12)17-6-10(15-16-17)5-14-11(18)9-1-4-19-7-9;7-6(8)4-2-1-3-5-6/h1,4,6-7H,2-3,5H2,(H,14,18);1-5H2. The first-order chi connectivity index (χ1) is 12.9. The summed E-state index contributed by atoms with van der Waals surface area (Å²) in [6, 6.07) is 4.01. The molecule has 2 saturated carbocycles. The van der Waals surface area contributed by atoms with Crippen LogP contribution in [0.3, 0.4) is 0 Å². The normalized spacial score (nSPS) is 19.3. The van der Waals surface area contributed by atoms with E-state index in [4.69, 9.17) is 5.26 Å². The maximum Gasteiger partial charge on any atom is 0.252 e. The Balaban J connectivity index is 0.000000221. The molecule has 0 aromatic carbocycles. The molecule has 2 aliphatic carbocycles. The van der Waals surface area contributed by atoms with Crippen LogP contribution >= 0.6 is 11.3 Å². The number of nitrogens with zero attached hydrogens (tertiary/aromatic N) is 4. The minimum absolute atomic E-state index is 0.118. The van der Waals surface area contributed by atoms with E-state index in [9.17, 15) is 13.6 Å². The second kappa shape index (κ2) is 8.13. The first-order valence-corrected chi connectivity index (χ1v) is 9.90. The fourth-order valence-electron chi connectivity index (χ4n) is 2.83. The Morgan fingerprint density at radius 2 is 2.04 bits per heavy atom. The van der Waals surface area contributed by atoms with Crippen LogP contribution in [0.5, 0.6) is 0 Å². The van der Waals surface area contributed by atoms with Crippen molar-refractivity contribution < 1.29 is 13.6 Å². The van der Waals surface area contributed by atoms with Crippen LogP contribution in [-0.2, 0) is 12.1 Å². The van der Waals surface area contributed by atoms with E-state index >= 15 is 0 Å². The minimum atomic E-state index is -2.32. The van der Waals surface area contributed by atoms with Gasteiger partial charge in [0.2, 0.25) is 5.92 Å². The average Bonchev–Trinajstić information content (AvgIpc) is 3.07. The van der Waals surface area contributed by atoms with Crippen molar-refractivity contribution in [1.29, 1.82) is 5.26 Å². The highest BCUT2D eigenvalue weighted by atomic mass is 32.1. The van der Waals surface area contributed by atoms with Gasteiger partial charge in [0.1, 0.15) is 5.69 Å². The van der Waals surface area contributed by atoms with E-state index in [0.29, 0.717) is 30.6 Å².